The molecule has 0 aliphatic carbocycles. The summed E-state index contributed by atoms with van der Waals surface area (Å²) in [5, 5.41) is 20.0. The monoisotopic (exact) mass is 272 g/mol. The van der Waals surface area contributed by atoms with Gasteiger partial charge in [-0.25, -0.2) is 0 Å². The number of benzene rings is 1. The Morgan fingerprint density at radius 3 is 3.15 bits per heavy atom. The van der Waals surface area contributed by atoms with Crippen LogP contribution in [0.25, 0.3) is 11.4 Å². The molecule has 1 saturated heterocycles. The van der Waals surface area contributed by atoms with Crippen LogP contribution in [0.5, 0.6) is 0 Å². The third-order valence-electron chi connectivity index (χ3n) is 3.37. The summed E-state index contributed by atoms with van der Waals surface area (Å²) in [5.41, 5.74) is 1.89. The van der Waals surface area contributed by atoms with Crippen LogP contribution in [0.3, 0.4) is 0 Å². The van der Waals surface area contributed by atoms with E-state index < -0.39 is 0 Å². The van der Waals surface area contributed by atoms with Crippen molar-refractivity contribution in [3.63, 3.8) is 0 Å². The number of tetrazole rings is 1. The van der Waals surface area contributed by atoms with Crippen LogP contribution in [-0.4, -0.2) is 39.1 Å². The topological polar surface area (TPSA) is 95.6 Å². The zero-order chi connectivity index (χ0) is 13.8. The highest BCUT2D eigenvalue weighted by Crippen LogP contribution is 2.15. The van der Waals surface area contributed by atoms with Crippen molar-refractivity contribution in [1.82, 2.24) is 31.3 Å². The predicted octanol–water partition coefficient (Wildman–Crippen LogP) is 0.235. The number of hydrogen-bond acceptors (Lipinski definition) is 5. The number of amides is 1. The molecule has 20 heavy (non-hydrogen) atoms. The number of carbonyl (C=O) groups is 1. The van der Waals surface area contributed by atoms with Crippen LogP contribution in [0.4, 0.5) is 0 Å². The van der Waals surface area contributed by atoms with Gasteiger partial charge in [0.15, 0.2) is 0 Å². The Hall–Kier alpha value is -2.28. The quantitative estimate of drug-likeness (QED) is 0.740. The fraction of sp³-hybridized carbons (Fsp3) is 0.385. The SMILES string of the molecule is O=C(NCc1cccc(-c2nn[nH]n2)c1)[C@@H]1CCCN1. The summed E-state index contributed by atoms with van der Waals surface area (Å²) >= 11 is 0. The van der Waals surface area contributed by atoms with E-state index in [-0.39, 0.29) is 11.9 Å². The van der Waals surface area contributed by atoms with Gasteiger partial charge in [0.1, 0.15) is 0 Å². The van der Waals surface area contributed by atoms with Crippen LogP contribution in [-0.2, 0) is 11.3 Å². The van der Waals surface area contributed by atoms with Gasteiger partial charge in [-0.2, -0.15) is 5.21 Å². The molecule has 0 bridgehead atoms. The first-order valence-electron chi connectivity index (χ1n) is 6.67. The zero-order valence-corrected chi connectivity index (χ0v) is 11.0. The summed E-state index contributed by atoms with van der Waals surface area (Å²) in [4.78, 5) is 11.9. The van der Waals surface area contributed by atoms with E-state index in [1.807, 2.05) is 24.3 Å². The van der Waals surface area contributed by atoms with Gasteiger partial charge in [0.25, 0.3) is 0 Å². The lowest BCUT2D eigenvalue weighted by Gasteiger charge is -2.11. The summed E-state index contributed by atoms with van der Waals surface area (Å²) in [6.45, 7) is 1.42. The summed E-state index contributed by atoms with van der Waals surface area (Å²) in [6.07, 6.45) is 1.97. The van der Waals surface area contributed by atoms with Crippen molar-refractivity contribution >= 4 is 5.91 Å². The third kappa shape index (κ3) is 2.83. The number of aromatic amines is 1. The van der Waals surface area contributed by atoms with E-state index in [0.717, 1.165) is 30.5 Å². The number of H-pyrrole nitrogens is 1. The molecule has 7 heteroatoms. The summed E-state index contributed by atoms with van der Waals surface area (Å²) in [6, 6.07) is 7.70. The Balaban J connectivity index is 1.63. The first-order chi connectivity index (χ1) is 9.83. The highest BCUT2D eigenvalue weighted by atomic mass is 16.2. The van der Waals surface area contributed by atoms with Gasteiger partial charge < -0.3 is 10.6 Å². The molecule has 3 rings (SSSR count). The van der Waals surface area contributed by atoms with E-state index in [2.05, 4.69) is 31.3 Å². The Kier molecular flexibility index (Phi) is 3.69. The minimum atomic E-state index is -0.0459. The molecule has 1 fully saturated rings. The fourth-order valence-electron chi connectivity index (χ4n) is 2.33. The van der Waals surface area contributed by atoms with Crippen LogP contribution in [0.2, 0.25) is 0 Å². The molecular weight excluding hydrogens is 256 g/mol. The van der Waals surface area contributed by atoms with Crippen LogP contribution in [0.15, 0.2) is 24.3 Å². The molecule has 1 aliphatic rings. The predicted molar refractivity (Wildman–Crippen MR) is 72.5 cm³/mol. The average molecular weight is 272 g/mol. The highest BCUT2D eigenvalue weighted by Gasteiger charge is 2.21. The minimum Gasteiger partial charge on any atom is -0.351 e. The normalized spacial score (nSPS) is 18.1. The van der Waals surface area contributed by atoms with Crippen molar-refractivity contribution in [2.45, 2.75) is 25.4 Å². The molecule has 2 aromatic rings. The minimum absolute atomic E-state index is 0.0459. The number of aromatic nitrogens is 4. The standard InChI is InChI=1S/C13H16N6O/c20-13(11-5-2-6-14-11)15-8-9-3-1-4-10(7-9)12-16-18-19-17-12/h1,3-4,7,11,14H,2,5-6,8H2,(H,15,20)(H,16,17,18,19)/t11-/m0/s1. The number of hydrogen-bond donors (Lipinski definition) is 3. The first-order valence-corrected chi connectivity index (χ1v) is 6.67. The number of nitrogens with zero attached hydrogens (tertiary/aromatic N) is 3. The maximum absolute atomic E-state index is 11.9. The van der Waals surface area contributed by atoms with Gasteiger partial charge in [-0.15, -0.1) is 10.2 Å². The first kappa shape index (κ1) is 12.7. The lowest BCUT2D eigenvalue weighted by Crippen LogP contribution is -2.39. The van der Waals surface area contributed by atoms with Crippen molar-refractivity contribution in [2.24, 2.45) is 0 Å². The molecule has 2 heterocycles. The Bertz CT molecular complexity index is 576. The van der Waals surface area contributed by atoms with Gasteiger partial charge >= 0.3 is 0 Å². The molecule has 7 nitrogen and oxygen atoms in total. The molecule has 0 saturated carbocycles. The summed E-state index contributed by atoms with van der Waals surface area (Å²) in [7, 11) is 0. The van der Waals surface area contributed by atoms with Crippen molar-refractivity contribution in [3.8, 4) is 11.4 Å². The van der Waals surface area contributed by atoms with Gasteiger partial charge in [0, 0.05) is 12.1 Å². The molecule has 104 valence electrons. The maximum Gasteiger partial charge on any atom is 0.237 e. The van der Waals surface area contributed by atoms with Gasteiger partial charge in [-0.3, -0.25) is 4.79 Å². The van der Waals surface area contributed by atoms with Crippen LogP contribution >= 0.6 is 0 Å². The summed E-state index contributed by atoms with van der Waals surface area (Å²) in [5.74, 6) is 0.614. The van der Waals surface area contributed by atoms with Gasteiger partial charge in [0.05, 0.1) is 6.04 Å². The molecule has 1 aromatic carbocycles. The molecular formula is C13H16N6O. The molecule has 3 N–H and O–H groups in total. The van der Waals surface area contributed by atoms with E-state index in [9.17, 15) is 4.79 Å². The maximum atomic E-state index is 11.9. The van der Waals surface area contributed by atoms with Crippen LogP contribution < -0.4 is 10.6 Å². The average Bonchev–Trinajstić information content (AvgIpc) is 3.17. The number of rotatable bonds is 4. The van der Waals surface area contributed by atoms with E-state index in [1.165, 1.54) is 0 Å². The highest BCUT2D eigenvalue weighted by molar-refractivity contribution is 5.82. The Labute approximate surface area is 116 Å². The molecule has 0 radical (unpaired) electrons. The van der Waals surface area contributed by atoms with E-state index >= 15 is 0 Å². The van der Waals surface area contributed by atoms with Crippen molar-refractivity contribution in [3.05, 3.63) is 29.8 Å². The lowest BCUT2D eigenvalue weighted by atomic mass is 10.1. The Morgan fingerprint density at radius 1 is 1.45 bits per heavy atom. The number of nitrogens with one attached hydrogen (secondary N) is 3. The van der Waals surface area contributed by atoms with Crippen molar-refractivity contribution in [1.29, 1.82) is 0 Å². The second-order valence-electron chi connectivity index (χ2n) is 4.80. The molecule has 1 amide bonds. The molecule has 0 spiro atoms. The Morgan fingerprint density at radius 2 is 2.40 bits per heavy atom. The van der Waals surface area contributed by atoms with Crippen molar-refractivity contribution < 1.29 is 4.79 Å². The fourth-order valence-corrected chi connectivity index (χ4v) is 2.33. The third-order valence-corrected chi connectivity index (χ3v) is 3.37. The van der Waals surface area contributed by atoms with Gasteiger partial charge in [0.2, 0.25) is 11.7 Å². The van der Waals surface area contributed by atoms with Gasteiger partial charge in [-0.1, -0.05) is 18.2 Å². The van der Waals surface area contributed by atoms with E-state index in [4.69, 9.17) is 0 Å². The smallest absolute Gasteiger partial charge is 0.237 e. The zero-order valence-electron chi connectivity index (χ0n) is 11.0. The molecule has 1 aromatic heterocycles. The van der Waals surface area contributed by atoms with Crippen LogP contribution in [0, 0.1) is 0 Å². The van der Waals surface area contributed by atoms with Gasteiger partial charge in [-0.05, 0) is 36.2 Å². The number of carbonyl (C=O) groups excluding carboxylic acids is 1. The second kappa shape index (κ2) is 5.79. The van der Waals surface area contributed by atoms with Crippen LogP contribution in [0.1, 0.15) is 18.4 Å². The molecule has 1 aliphatic heterocycles. The molecule has 0 unspecified atom stereocenters. The molecule has 1 atom stereocenters. The van der Waals surface area contributed by atoms with Crippen molar-refractivity contribution in [2.75, 3.05) is 6.54 Å². The second-order valence-corrected chi connectivity index (χ2v) is 4.80. The lowest BCUT2D eigenvalue weighted by molar-refractivity contribution is -0.122. The largest absolute Gasteiger partial charge is 0.351 e. The van der Waals surface area contributed by atoms with E-state index in [0.29, 0.717) is 12.4 Å². The summed E-state index contributed by atoms with van der Waals surface area (Å²) < 4.78 is 0. The van der Waals surface area contributed by atoms with E-state index in [1.54, 1.807) is 0 Å².